The summed E-state index contributed by atoms with van der Waals surface area (Å²) in [6, 6.07) is 23.7. The molecule has 3 heteroatoms. The Morgan fingerprint density at radius 1 is 0.808 bits per heavy atom. The smallest absolute Gasteiger partial charge is 0.195 e. The maximum absolute atomic E-state index is 12.6. The summed E-state index contributed by atoms with van der Waals surface area (Å²) >= 11 is 0. The molecule has 1 aromatic heterocycles. The molecule has 0 saturated heterocycles. The average Bonchev–Trinajstić information content (AvgIpc) is 3.00. The largest absolute Gasteiger partial charge is 0.489 e. The molecule has 1 aliphatic carbocycles. The van der Waals surface area contributed by atoms with E-state index in [0.717, 1.165) is 38.9 Å². The molecule has 0 amide bonds. The Labute approximate surface area is 150 Å². The normalized spacial score (nSPS) is 12.1. The third-order valence-corrected chi connectivity index (χ3v) is 4.77. The van der Waals surface area contributed by atoms with Gasteiger partial charge in [-0.1, -0.05) is 54.6 Å². The molecule has 0 N–H and O–H groups in total. The number of hydrogen-bond acceptors (Lipinski definition) is 3. The van der Waals surface area contributed by atoms with Crippen molar-refractivity contribution >= 4 is 16.7 Å². The molecule has 124 valence electrons. The number of aromatic nitrogens is 1. The summed E-state index contributed by atoms with van der Waals surface area (Å²) < 4.78 is 5.90. The third kappa shape index (κ3) is 2.29. The van der Waals surface area contributed by atoms with E-state index < -0.39 is 0 Å². The molecule has 1 aliphatic rings. The van der Waals surface area contributed by atoms with E-state index in [9.17, 15) is 4.79 Å². The zero-order valence-corrected chi connectivity index (χ0v) is 14.0. The zero-order chi connectivity index (χ0) is 17.5. The molecule has 26 heavy (non-hydrogen) atoms. The van der Waals surface area contributed by atoms with Crippen molar-refractivity contribution in [2.24, 2.45) is 0 Å². The second-order valence-corrected chi connectivity index (χ2v) is 6.37. The molecule has 1 heterocycles. The van der Waals surface area contributed by atoms with Crippen LogP contribution >= 0.6 is 0 Å². The SMILES string of the molecule is O=C1c2ccccc2-c2c1cnc1cc(OCc3ccccc3)ccc21. The Bertz CT molecular complexity index is 1150. The van der Waals surface area contributed by atoms with Crippen molar-refractivity contribution < 1.29 is 9.53 Å². The molecule has 0 spiro atoms. The van der Waals surface area contributed by atoms with Crippen molar-refractivity contribution in [2.75, 3.05) is 0 Å². The van der Waals surface area contributed by atoms with Gasteiger partial charge in [-0.15, -0.1) is 0 Å². The first kappa shape index (κ1) is 14.8. The number of carbonyl (C=O) groups excluding carboxylic acids is 1. The molecule has 3 aromatic carbocycles. The number of fused-ring (bicyclic) bond motifs is 5. The number of nitrogens with zero attached hydrogens (tertiary/aromatic N) is 1. The monoisotopic (exact) mass is 337 g/mol. The molecule has 5 rings (SSSR count). The van der Waals surface area contributed by atoms with Crippen LogP contribution in [0.3, 0.4) is 0 Å². The molecular formula is C23H15NO2. The first-order chi connectivity index (χ1) is 12.8. The van der Waals surface area contributed by atoms with Gasteiger partial charge in [-0.3, -0.25) is 9.78 Å². The predicted octanol–water partition coefficient (Wildman–Crippen LogP) is 5.03. The highest BCUT2D eigenvalue weighted by Crippen LogP contribution is 2.40. The van der Waals surface area contributed by atoms with Gasteiger partial charge in [0.05, 0.1) is 5.52 Å². The Morgan fingerprint density at radius 2 is 1.58 bits per heavy atom. The highest BCUT2D eigenvalue weighted by atomic mass is 16.5. The minimum Gasteiger partial charge on any atom is -0.489 e. The summed E-state index contributed by atoms with van der Waals surface area (Å²) in [7, 11) is 0. The van der Waals surface area contributed by atoms with E-state index in [1.54, 1.807) is 6.20 Å². The van der Waals surface area contributed by atoms with Gasteiger partial charge in [0.2, 0.25) is 0 Å². The van der Waals surface area contributed by atoms with E-state index in [1.165, 1.54) is 0 Å². The van der Waals surface area contributed by atoms with Crippen LogP contribution in [0.2, 0.25) is 0 Å². The van der Waals surface area contributed by atoms with Crippen LogP contribution in [0.5, 0.6) is 5.75 Å². The van der Waals surface area contributed by atoms with Crippen LogP contribution < -0.4 is 4.74 Å². The summed E-state index contributed by atoms with van der Waals surface area (Å²) in [5, 5.41) is 0.980. The number of pyridine rings is 1. The lowest BCUT2D eigenvalue weighted by molar-refractivity contribution is 0.104. The number of ether oxygens (including phenoxy) is 1. The molecule has 0 atom stereocenters. The molecule has 0 fully saturated rings. The van der Waals surface area contributed by atoms with Crippen LogP contribution in [0.4, 0.5) is 0 Å². The molecule has 0 bridgehead atoms. The van der Waals surface area contributed by atoms with E-state index in [4.69, 9.17) is 4.74 Å². The molecule has 0 unspecified atom stereocenters. The van der Waals surface area contributed by atoms with E-state index in [1.807, 2.05) is 72.8 Å². The van der Waals surface area contributed by atoms with Gasteiger partial charge in [0, 0.05) is 34.3 Å². The Hall–Kier alpha value is -3.46. The number of benzene rings is 3. The van der Waals surface area contributed by atoms with Gasteiger partial charge in [-0.2, -0.15) is 0 Å². The minimum absolute atomic E-state index is 0.0504. The van der Waals surface area contributed by atoms with E-state index in [-0.39, 0.29) is 5.78 Å². The van der Waals surface area contributed by atoms with Crippen LogP contribution in [0.15, 0.2) is 79.0 Å². The van der Waals surface area contributed by atoms with Gasteiger partial charge in [0.25, 0.3) is 0 Å². The van der Waals surface area contributed by atoms with Gasteiger partial charge in [0.15, 0.2) is 5.78 Å². The van der Waals surface area contributed by atoms with Crippen molar-refractivity contribution in [3.05, 3.63) is 95.7 Å². The maximum Gasteiger partial charge on any atom is 0.195 e. The quantitative estimate of drug-likeness (QED) is 0.464. The summed E-state index contributed by atoms with van der Waals surface area (Å²) in [6.45, 7) is 0.513. The van der Waals surface area contributed by atoms with E-state index in [0.29, 0.717) is 12.2 Å². The summed E-state index contributed by atoms with van der Waals surface area (Å²) in [6.07, 6.45) is 1.68. The standard InChI is InChI=1S/C23H15NO2/c25-23-18-9-5-4-8-17(18)22-19-11-10-16(12-21(19)24-13-20(22)23)26-14-15-6-2-1-3-7-15/h1-13H,14H2. The van der Waals surface area contributed by atoms with Crippen LogP contribution in [0.25, 0.3) is 22.0 Å². The van der Waals surface area contributed by atoms with Crippen molar-refractivity contribution in [3.8, 4) is 16.9 Å². The maximum atomic E-state index is 12.6. The summed E-state index contributed by atoms with van der Waals surface area (Å²) in [4.78, 5) is 17.1. The van der Waals surface area contributed by atoms with Crippen molar-refractivity contribution in [1.82, 2.24) is 4.98 Å². The van der Waals surface area contributed by atoms with Crippen molar-refractivity contribution in [3.63, 3.8) is 0 Å². The lowest BCUT2D eigenvalue weighted by atomic mass is 10.0. The van der Waals surface area contributed by atoms with Crippen LogP contribution in [-0.2, 0) is 6.61 Å². The number of hydrogen-bond donors (Lipinski definition) is 0. The first-order valence-corrected chi connectivity index (χ1v) is 8.55. The summed E-state index contributed by atoms with van der Waals surface area (Å²) in [5.41, 5.74) is 5.34. The zero-order valence-electron chi connectivity index (χ0n) is 14.0. The highest BCUT2D eigenvalue weighted by Gasteiger charge is 2.28. The summed E-state index contributed by atoms with van der Waals surface area (Å²) in [5.74, 6) is 0.820. The number of ketones is 1. The van der Waals surface area contributed by atoms with Gasteiger partial charge in [-0.05, 0) is 23.3 Å². The Kier molecular flexibility index (Phi) is 3.32. The van der Waals surface area contributed by atoms with Gasteiger partial charge >= 0.3 is 0 Å². The van der Waals surface area contributed by atoms with Crippen molar-refractivity contribution in [1.29, 1.82) is 0 Å². The van der Waals surface area contributed by atoms with E-state index in [2.05, 4.69) is 4.98 Å². The average molecular weight is 337 g/mol. The molecule has 4 aromatic rings. The van der Waals surface area contributed by atoms with Gasteiger partial charge in [-0.25, -0.2) is 0 Å². The van der Waals surface area contributed by atoms with Crippen molar-refractivity contribution in [2.45, 2.75) is 6.61 Å². The molecule has 0 radical (unpaired) electrons. The highest BCUT2D eigenvalue weighted by molar-refractivity contribution is 6.25. The van der Waals surface area contributed by atoms with Gasteiger partial charge < -0.3 is 4.74 Å². The lowest BCUT2D eigenvalue weighted by Gasteiger charge is -2.09. The van der Waals surface area contributed by atoms with Crippen LogP contribution in [0.1, 0.15) is 21.5 Å². The van der Waals surface area contributed by atoms with Crippen LogP contribution in [0, 0.1) is 0 Å². The number of rotatable bonds is 3. The molecule has 3 nitrogen and oxygen atoms in total. The topological polar surface area (TPSA) is 39.2 Å². The third-order valence-electron chi connectivity index (χ3n) is 4.77. The fraction of sp³-hybridized carbons (Fsp3) is 0.0435. The van der Waals surface area contributed by atoms with Gasteiger partial charge in [0.1, 0.15) is 12.4 Å². The van der Waals surface area contributed by atoms with Crippen LogP contribution in [-0.4, -0.2) is 10.8 Å². The Morgan fingerprint density at radius 3 is 2.42 bits per heavy atom. The fourth-order valence-electron chi connectivity index (χ4n) is 3.51. The lowest BCUT2D eigenvalue weighted by Crippen LogP contribution is -1.97. The molecular weight excluding hydrogens is 322 g/mol. The molecule has 0 saturated carbocycles. The minimum atomic E-state index is 0.0504. The molecule has 0 aliphatic heterocycles. The fourth-order valence-corrected chi connectivity index (χ4v) is 3.51. The first-order valence-electron chi connectivity index (χ1n) is 8.55. The Balaban J connectivity index is 1.55. The second kappa shape index (κ2) is 5.81. The predicted molar refractivity (Wildman–Crippen MR) is 101 cm³/mol. The second-order valence-electron chi connectivity index (χ2n) is 6.37. The number of carbonyl (C=O) groups is 1. The van der Waals surface area contributed by atoms with E-state index >= 15 is 0 Å².